The van der Waals surface area contributed by atoms with E-state index in [-0.39, 0.29) is 0 Å². The molecule has 4 nitrogen and oxygen atoms in total. The fourth-order valence-corrected chi connectivity index (χ4v) is 6.60. The molecule has 0 N–H and O–H groups in total. The third-order valence-electron chi connectivity index (χ3n) is 8.32. The van der Waals surface area contributed by atoms with Crippen molar-refractivity contribution >= 4 is 65.6 Å². The van der Waals surface area contributed by atoms with Crippen LogP contribution in [0.1, 0.15) is 5.56 Å². The lowest BCUT2D eigenvalue weighted by molar-refractivity contribution is 0.666. The number of hydrogen-bond donors (Lipinski definition) is 0. The number of nitrogens with zero attached hydrogens (tertiary/aromatic N) is 3. The molecule has 0 atom stereocenters. The highest BCUT2D eigenvalue weighted by Crippen LogP contribution is 2.40. The molecule has 0 aliphatic heterocycles. The van der Waals surface area contributed by atoms with Crippen LogP contribution in [0.15, 0.2) is 132 Å². The van der Waals surface area contributed by atoms with Crippen LogP contribution in [0.5, 0.6) is 0 Å². The Hall–Kier alpha value is -5.79. The van der Waals surface area contributed by atoms with Gasteiger partial charge in [-0.15, -0.1) is 0 Å². The summed E-state index contributed by atoms with van der Waals surface area (Å²) in [6.45, 7) is 0. The van der Waals surface area contributed by atoms with Gasteiger partial charge in [-0.2, -0.15) is 5.26 Å². The summed E-state index contributed by atoms with van der Waals surface area (Å²) in [5.74, 6) is 0. The van der Waals surface area contributed by atoms with Gasteiger partial charge in [0.1, 0.15) is 5.58 Å². The summed E-state index contributed by atoms with van der Waals surface area (Å²) in [6.07, 6.45) is 0. The number of hydrogen-bond acceptors (Lipinski definition) is 2. The maximum atomic E-state index is 9.98. The molecule has 41 heavy (non-hydrogen) atoms. The van der Waals surface area contributed by atoms with Gasteiger partial charge in [-0.3, -0.25) is 0 Å². The van der Waals surface area contributed by atoms with Gasteiger partial charge in [0.2, 0.25) is 0 Å². The molecular weight excluding hydrogens is 502 g/mol. The lowest BCUT2D eigenvalue weighted by Crippen LogP contribution is -1.97. The maximum Gasteiger partial charge on any atom is 0.159 e. The van der Waals surface area contributed by atoms with Gasteiger partial charge in [0.15, 0.2) is 5.58 Å². The third-order valence-corrected chi connectivity index (χ3v) is 8.32. The predicted molar refractivity (Wildman–Crippen MR) is 167 cm³/mol. The van der Waals surface area contributed by atoms with Crippen molar-refractivity contribution in [2.75, 3.05) is 0 Å². The van der Waals surface area contributed by atoms with Crippen LogP contribution in [0.3, 0.4) is 0 Å². The van der Waals surface area contributed by atoms with Gasteiger partial charge in [-0.05, 0) is 54.6 Å². The molecule has 0 spiro atoms. The molecule has 0 saturated heterocycles. The zero-order chi connectivity index (χ0) is 27.1. The summed E-state index contributed by atoms with van der Waals surface area (Å²) in [7, 11) is 0. The normalized spacial score (nSPS) is 11.9. The molecule has 3 aromatic heterocycles. The molecule has 4 heteroatoms. The highest BCUT2D eigenvalue weighted by atomic mass is 16.3. The molecule has 0 saturated carbocycles. The van der Waals surface area contributed by atoms with Crippen molar-refractivity contribution < 1.29 is 4.42 Å². The number of benzene rings is 6. The number of aromatic nitrogens is 2. The van der Waals surface area contributed by atoms with Crippen LogP contribution in [0.4, 0.5) is 0 Å². The topological polar surface area (TPSA) is 46.8 Å². The van der Waals surface area contributed by atoms with Crippen molar-refractivity contribution in [2.24, 2.45) is 0 Å². The fourth-order valence-electron chi connectivity index (χ4n) is 6.60. The third kappa shape index (κ3) is 2.98. The van der Waals surface area contributed by atoms with Gasteiger partial charge in [0.25, 0.3) is 0 Å². The van der Waals surface area contributed by atoms with Crippen LogP contribution in [-0.4, -0.2) is 9.13 Å². The van der Waals surface area contributed by atoms with E-state index in [4.69, 9.17) is 4.42 Å². The first kappa shape index (κ1) is 22.1. The maximum absolute atomic E-state index is 9.98. The van der Waals surface area contributed by atoms with Gasteiger partial charge in [0, 0.05) is 38.0 Å². The van der Waals surface area contributed by atoms with Crippen LogP contribution in [0.25, 0.3) is 76.9 Å². The van der Waals surface area contributed by atoms with Crippen molar-refractivity contribution in [3.05, 3.63) is 133 Å². The van der Waals surface area contributed by atoms with Gasteiger partial charge >= 0.3 is 0 Å². The summed E-state index contributed by atoms with van der Waals surface area (Å²) in [6, 6.07) is 46.6. The minimum atomic E-state index is 0.604. The summed E-state index contributed by atoms with van der Waals surface area (Å²) in [5, 5.41) is 16.7. The van der Waals surface area contributed by atoms with E-state index in [1.165, 1.54) is 21.8 Å². The first-order valence-corrected chi connectivity index (χ1v) is 13.7. The molecule has 0 aliphatic carbocycles. The van der Waals surface area contributed by atoms with E-state index >= 15 is 0 Å². The SMILES string of the molecule is N#Cc1cc(-n2c3ccccc3c3cc(-n4c5ccccc5c5ccccc54)ccc32)c2oc3ccccc3c2c1. The average molecular weight is 524 g/mol. The van der Waals surface area contributed by atoms with Gasteiger partial charge in [0.05, 0.1) is 39.4 Å². The average Bonchev–Trinajstić information content (AvgIpc) is 3.68. The number of para-hydroxylation sites is 4. The molecule has 6 aromatic carbocycles. The fraction of sp³-hybridized carbons (Fsp3) is 0. The lowest BCUT2D eigenvalue weighted by atomic mass is 10.1. The quantitative estimate of drug-likeness (QED) is 0.226. The number of fused-ring (bicyclic) bond motifs is 9. The van der Waals surface area contributed by atoms with Gasteiger partial charge in [-0.25, -0.2) is 0 Å². The van der Waals surface area contributed by atoms with Crippen molar-refractivity contribution in [2.45, 2.75) is 0 Å². The van der Waals surface area contributed by atoms with Gasteiger partial charge < -0.3 is 13.6 Å². The zero-order valence-electron chi connectivity index (χ0n) is 21.9. The van der Waals surface area contributed by atoms with Crippen LogP contribution in [0.2, 0.25) is 0 Å². The van der Waals surface area contributed by atoms with Crippen LogP contribution >= 0.6 is 0 Å². The predicted octanol–water partition coefficient (Wildman–Crippen LogP) is 9.65. The van der Waals surface area contributed by atoms with E-state index < -0.39 is 0 Å². The highest BCUT2D eigenvalue weighted by Gasteiger charge is 2.20. The minimum absolute atomic E-state index is 0.604. The van der Waals surface area contributed by atoms with Crippen molar-refractivity contribution in [3.8, 4) is 17.4 Å². The summed E-state index contributed by atoms with van der Waals surface area (Å²) in [4.78, 5) is 0. The lowest BCUT2D eigenvalue weighted by Gasteiger charge is -2.11. The Kier molecular flexibility index (Phi) is 4.37. The van der Waals surface area contributed by atoms with Crippen molar-refractivity contribution in [1.82, 2.24) is 9.13 Å². The first-order chi connectivity index (χ1) is 20.3. The molecule has 3 heterocycles. The van der Waals surface area contributed by atoms with Crippen LogP contribution in [0, 0.1) is 11.3 Å². The van der Waals surface area contributed by atoms with E-state index in [2.05, 4.69) is 112 Å². The first-order valence-electron chi connectivity index (χ1n) is 13.7. The molecule has 0 fully saturated rings. The molecule has 0 radical (unpaired) electrons. The second kappa shape index (κ2) is 8.11. The van der Waals surface area contributed by atoms with E-state index in [1.807, 2.05) is 30.3 Å². The molecule has 9 aromatic rings. The summed E-state index contributed by atoms with van der Waals surface area (Å²) < 4.78 is 11.0. The summed E-state index contributed by atoms with van der Waals surface area (Å²) >= 11 is 0. The Balaban J connectivity index is 1.39. The molecule has 190 valence electrons. The smallest absolute Gasteiger partial charge is 0.159 e. The highest BCUT2D eigenvalue weighted by molar-refractivity contribution is 6.14. The second-order valence-electron chi connectivity index (χ2n) is 10.5. The van der Waals surface area contributed by atoms with E-state index in [9.17, 15) is 5.26 Å². The second-order valence-corrected chi connectivity index (χ2v) is 10.5. The Labute approximate surface area is 234 Å². The molecule has 0 aliphatic rings. The van der Waals surface area contributed by atoms with Crippen molar-refractivity contribution in [3.63, 3.8) is 0 Å². The van der Waals surface area contributed by atoms with Gasteiger partial charge in [-0.1, -0.05) is 72.8 Å². The van der Waals surface area contributed by atoms with E-state index in [0.29, 0.717) is 5.56 Å². The summed E-state index contributed by atoms with van der Waals surface area (Å²) in [5.41, 5.74) is 8.67. The number of nitriles is 1. The van der Waals surface area contributed by atoms with E-state index in [0.717, 1.165) is 55.1 Å². The Morgan fingerprint density at radius 3 is 1.73 bits per heavy atom. The minimum Gasteiger partial charge on any atom is -0.454 e. The zero-order valence-corrected chi connectivity index (χ0v) is 21.9. The molecular formula is C37H21N3O. The largest absolute Gasteiger partial charge is 0.454 e. The van der Waals surface area contributed by atoms with Crippen LogP contribution < -0.4 is 0 Å². The van der Waals surface area contributed by atoms with Crippen LogP contribution in [-0.2, 0) is 0 Å². The molecule has 9 rings (SSSR count). The molecule has 0 bridgehead atoms. The Morgan fingerprint density at radius 2 is 1.05 bits per heavy atom. The Bertz CT molecular complexity index is 2500. The number of rotatable bonds is 2. The molecule has 0 unspecified atom stereocenters. The van der Waals surface area contributed by atoms with Crippen molar-refractivity contribution in [1.29, 1.82) is 5.26 Å². The molecule has 0 amide bonds. The van der Waals surface area contributed by atoms with E-state index in [1.54, 1.807) is 0 Å². The monoisotopic (exact) mass is 523 g/mol. The standard InChI is InChI=1S/C37H21N3O/c38-22-23-19-30-28-12-4-8-16-36(28)41-37(30)35(20-23)40-33-15-7-3-11-27(33)29-21-24(17-18-34(29)40)39-31-13-5-1-9-25(31)26-10-2-6-14-32(26)39/h1-21H. The number of furan rings is 1. The Morgan fingerprint density at radius 1 is 0.488 bits per heavy atom.